The van der Waals surface area contributed by atoms with Crippen LogP contribution in [0.1, 0.15) is 25.3 Å². The molecule has 0 bridgehead atoms. The Balaban J connectivity index is 2.10. The summed E-state index contributed by atoms with van der Waals surface area (Å²) in [7, 11) is -2.18. The number of rotatable bonds is 3. The number of nitrogens with zero attached hydrogens (tertiary/aromatic N) is 2. The quantitative estimate of drug-likeness (QED) is 0.850. The first-order valence-corrected chi connectivity index (χ1v) is 8.73. The first kappa shape index (κ1) is 16.8. The number of hydrogen-bond acceptors (Lipinski definition) is 4. The second-order valence-corrected chi connectivity index (χ2v) is 7.52. The van der Waals surface area contributed by atoms with Gasteiger partial charge in [-0.2, -0.15) is 4.31 Å². The number of benzene rings is 1. The highest BCUT2D eigenvalue weighted by atomic mass is 32.2. The number of sulfonamides is 1. The average molecular weight is 326 g/mol. The van der Waals surface area contributed by atoms with Crippen LogP contribution in [0.5, 0.6) is 0 Å². The monoisotopic (exact) mass is 326 g/mol. The Bertz CT molecular complexity index is 617. The number of hydrogen-bond donors (Lipinski definition) is 0. The van der Waals surface area contributed by atoms with E-state index in [1.807, 2.05) is 12.1 Å². The number of carbonyl (C=O) groups is 1. The van der Waals surface area contributed by atoms with Crippen LogP contribution in [0.15, 0.2) is 29.2 Å². The molecular weight excluding hydrogens is 304 g/mol. The van der Waals surface area contributed by atoms with Crippen molar-refractivity contribution in [2.45, 2.75) is 24.7 Å². The molecule has 1 heterocycles. The first-order chi connectivity index (χ1) is 10.4. The molecule has 6 nitrogen and oxygen atoms in total. The summed E-state index contributed by atoms with van der Waals surface area (Å²) in [5.74, 6) is 0.361. The van der Waals surface area contributed by atoms with Crippen molar-refractivity contribution in [1.29, 1.82) is 0 Å². The molecule has 122 valence electrons. The largest absolute Gasteiger partial charge is 0.453 e. The summed E-state index contributed by atoms with van der Waals surface area (Å²) in [6.45, 7) is 5.38. The molecule has 1 saturated heterocycles. The van der Waals surface area contributed by atoms with E-state index >= 15 is 0 Å². The molecule has 7 heteroatoms. The lowest BCUT2D eigenvalue weighted by atomic mass is 10.0. The topological polar surface area (TPSA) is 66.9 Å². The van der Waals surface area contributed by atoms with Crippen LogP contribution in [-0.2, 0) is 14.8 Å². The molecule has 1 aromatic carbocycles. The third kappa shape index (κ3) is 3.41. The maximum absolute atomic E-state index is 12.6. The molecule has 1 aliphatic rings. The van der Waals surface area contributed by atoms with E-state index < -0.39 is 16.1 Å². The Morgan fingerprint density at radius 3 is 2.09 bits per heavy atom. The number of carbonyl (C=O) groups excluding carboxylic acids is 1. The summed E-state index contributed by atoms with van der Waals surface area (Å²) in [4.78, 5) is 13.2. The van der Waals surface area contributed by atoms with Gasteiger partial charge in [0.25, 0.3) is 0 Å². The molecule has 1 fully saturated rings. The summed E-state index contributed by atoms with van der Waals surface area (Å²) in [6.07, 6.45) is -0.418. The summed E-state index contributed by atoms with van der Waals surface area (Å²) in [6, 6.07) is 7.00. The van der Waals surface area contributed by atoms with Crippen LogP contribution < -0.4 is 0 Å². The van der Waals surface area contributed by atoms with E-state index in [9.17, 15) is 13.2 Å². The second-order valence-electron chi connectivity index (χ2n) is 5.58. The Morgan fingerprint density at radius 2 is 1.64 bits per heavy atom. The zero-order chi connectivity index (χ0) is 16.3. The highest BCUT2D eigenvalue weighted by molar-refractivity contribution is 7.89. The standard InChI is InChI=1S/C15H22N2O4S/c1-12(2)13-4-6-14(7-5-13)22(19,20)17-10-8-16(9-11-17)15(18)21-3/h4-7,12H,8-11H2,1-3H3. The summed E-state index contributed by atoms with van der Waals surface area (Å²) >= 11 is 0. The summed E-state index contributed by atoms with van der Waals surface area (Å²) in [5.41, 5.74) is 1.11. The van der Waals surface area contributed by atoms with E-state index in [2.05, 4.69) is 18.6 Å². The van der Waals surface area contributed by atoms with Gasteiger partial charge in [0, 0.05) is 26.2 Å². The van der Waals surface area contributed by atoms with Crippen molar-refractivity contribution in [3.8, 4) is 0 Å². The van der Waals surface area contributed by atoms with Crippen LogP contribution in [0.25, 0.3) is 0 Å². The number of ether oxygens (including phenoxy) is 1. The number of piperazine rings is 1. The molecule has 1 amide bonds. The molecule has 0 N–H and O–H groups in total. The van der Waals surface area contributed by atoms with Gasteiger partial charge >= 0.3 is 6.09 Å². The van der Waals surface area contributed by atoms with Crippen molar-refractivity contribution in [3.05, 3.63) is 29.8 Å². The lowest BCUT2D eigenvalue weighted by Gasteiger charge is -2.33. The van der Waals surface area contributed by atoms with Gasteiger partial charge in [0.15, 0.2) is 0 Å². The minimum atomic E-state index is -3.51. The molecule has 0 saturated carbocycles. The van der Waals surface area contributed by atoms with Gasteiger partial charge in [-0.1, -0.05) is 26.0 Å². The fraction of sp³-hybridized carbons (Fsp3) is 0.533. The predicted octanol–water partition coefficient (Wildman–Crippen LogP) is 1.88. The maximum Gasteiger partial charge on any atom is 0.409 e. The normalized spacial score (nSPS) is 16.8. The predicted molar refractivity (Wildman–Crippen MR) is 83.3 cm³/mol. The van der Waals surface area contributed by atoms with E-state index in [0.717, 1.165) is 5.56 Å². The third-order valence-electron chi connectivity index (χ3n) is 3.86. The van der Waals surface area contributed by atoms with Gasteiger partial charge < -0.3 is 9.64 Å². The van der Waals surface area contributed by atoms with E-state index in [-0.39, 0.29) is 13.1 Å². The molecule has 2 rings (SSSR count). The third-order valence-corrected chi connectivity index (χ3v) is 5.77. The Kier molecular flexibility index (Phi) is 5.08. The van der Waals surface area contributed by atoms with E-state index in [1.165, 1.54) is 16.3 Å². The minimum absolute atomic E-state index is 0.281. The molecule has 1 aliphatic heterocycles. The Morgan fingerprint density at radius 1 is 1.09 bits per heavy atom. The maximum atomic E-state index is 12.6. The first-order valence-electron chi connectivity index (χ1n) is 7.29. The van der Waals surface area contributed by atoms with Crippen molar-refractivity contribution in [1.82, 2.24) is 9.21 Å². The zero-order valence-electron chi connectivity index (χ0n) is 13.2. The highest BCUT2D eigenvalue weighted by Crippen LogP contribution is 2.21. The summed E-state index contributed by atoms with van der Waals surface area (Å²) in [5, 5.41) is 0. The van der Waals surface area contributed by atoms with Crippen LogP contribution >= 0.6 is 0 Å². The van der Waals surface area contributed by atoms with Crippen molar-refractivity contribution in [2.75, 3.05) is 33.3 Å². The van der Waals surface area contributed by atoms with Crippen LogP contribution in [-0.4, -0.2) is 57.0 Å². The highest BCUT2D eigenvalue weighted by Gasteiger charge is 2.30. The molecule has 0 unspecified atom stereocenters. The second kappa shape index (κ2) is 6.66. The fourth-order valence-electron chi connectivity index (χ4n) is 2.41. The molecule has 0 spiro atoms. The van der Waals surface area contributed by atoms with Gasteiger partial charge in [-0.3, -0.25) is 0 Å². The van der Waals surface area contributed by atoms with Crippen LogP contribution in [0.2, 0.25) is 0 Å². The van der Waals surface area contributed by atoms with Gasteiger partial charge in [0.1, 0.15) is 0 Å². The SMILES string of the molecule is COC(=O)N1CCN(S(=O)(=O)c2ccc(C(C)C)cc2)CC1. The van der Waals surface area contributed by atoms with Crippen LogP contribution in [0.4, 0.5) is 4.79 Å². The van der Waals surface area contributed by atoms with Crippen LogP contribution in [0.3, 0.4) is 0 Å². The molecule has 1 aromatic rings. The Labute approximate surface area is 131 Å². The smallest absolute Gasteiger partial charge is 0.409 e. The van der Waals surface area contributed by atoms with Gasteiger partial charge in [-0.25, -0.2) is 13.2 Å². The zero-order valence-corrected chi connectivity index (χ0v) is 14.0. The number of amides is 1. The minimum Gasteiger partial charge on any atom is -0.453 e. The molecule has 22 heavy (non-hydrogen) atoms. The van der Waals surface area contributed by atoms with Crippen molar-refractivity contribution < 1.29 is 17.9 Å². The molecule has 0 aliphatic carbocycles. The Hall–Kier alpha value is -1.60. The molecular formula is C15H22N2O4S. The molecule has 0 radical (unpaired) electrons. The number of methoxy groups -OCH3 is 1. The van der Waals surface area contributed by atoms with Crippen molar-refractivity contribution >= 4 is 16.1 Å². The van der Waals surface area contributed by atoms with E-state index in [1.54, 1.807) is 12.1 Å². The van der Waals surface area contributed by atoms with E-state index in [4.69, 9.17) is 0 Å². The lowest BCUT2D eigenvalue weighted by Crippen LogP contribution is -2.50. The molecule has 0 aromatic heterocycles. The van der Waals surface area contributed by atoms with Crippen LogP contribution in [0, 0.1) is 0 Å². The summed E-state index contributed by atoms with van der Waals surface area (Å²) < 4.78 is 31.3. The van der Waals surface area contributed by atoms with Gasteiger partial charge in [-0.15, -0.1) is 0 Å². The fourth-order valence-corrected chi connectivity index (χ4v) is 3.84. The van der Waals surface area contributed by atoms with Crippen molar-refractivity contribution in [3.63, 3.8) is 0 Å². The van der Waals surface area contributed by atoms with Gasteiger partial charge in [0.2, 0.25) is 10.0 Å². The van der Waals surface area contributed by atoms with Gasteiger partial charge in [-0.05, 0) is 23.6 Å². The van der Waals surface area contributed by atoms with E-state index in [0.29, 0.717) is 23.9 Å². The van der Waals surface area contributed by atoms with Crippen molar-refractivity contribution in [2.24, 2.45) is 0 Å². The van der Waals surface area contributed by atoms with Gasteiger partial charge in [0.05, 0.1) is 12.0 Å². The lowest BCUT2D eigenvalue weighted by molar-refractivity contribution is 0.108. The average Bonchev–Trinajstić information content (AvgIpc) is 2.54. The molecule has 0 atom stereocenters.